The Morgan fingerprint density at radius 2 is 2.00 bits per heavy atom. The first kappa shape index (κ1) is 12.7. The molecule has 0 spiro atoms. The highest BCUT2D eigenvalue weighted by molar-refractivity contribution is 7.87. The molecule has 0 radical (unpaired) electrons. The molecule has 1 aliphatic rings. The van der Waals surface area contributed by atoms with Crippen molar-refractivity contribution in [2.45, 2.75) is 26.7 Å². The van der Waals surface area contributed by atoms with E-state index in [1.54, 1.807) is 6.92 Å². The summed E-state index contributed by atoms with van der Waals surface area (Å²) in [4.78, 5) is 0. The summed E-state index contributed by atoms with van der Waals surface area (Å²) >= 11 is 0. The van der Waals surface area contributed by atoms with Crippen LogP contribution >= 0.6 is 0 Å². The zero-order valence-electron chi connectivity index (χ0n) is 9.49. The zero-order chi connectivity index (χ0) is 11.5. The maximum absolute atomic E-state index is 11.8. The second-order valence-corrected chi connectivity index (χ2v) is 6.12. The van der Waals surface area contributed by atoms with Crippen LogP contribution in [0.3, 0.4) is 0 Å². The van der Waals surface area contributed by atoms with Crippen molar-refractivity contribution in [2.75, 3.05) is 19.6 Å². The Morgan fingerprint density at radius 1 is 1.47 bits per heavy atom. The van der Waals surface area contributed by atoms with E-state index < -0.39 is 10.2 Å². The first-order valence-corrected chi connectivity index (χ1v) is 6.75. The Morgan fingerprint density at radius 3 is 2.47 bits per heavy atom. The SMILES string of the molecule is C=C(C)CNS(=O)(=O)N1CCC(C)CC1. The van der Waals surface area contributed by atoms with Crippen molar-refractivity contribution >= 4 is 10.2 Å². The van der Waals surface area contributed by atoms with Crippen LogP contribution in [-0.4, -0.2) is 32.4 Å². The lowest BCUT2D eigenvalue weighted by Gasteiger charge is -2.29. The van der Waals surface area contributed by atoms with E-state index in [2.05, 4.69) is 18.2 Å². The molecule has 0 atom stereocenters. The van der Waals surface area contributed by atoms with Gasteiger partial charge in [-0.1, -0.05) is 19.1 Å². The molecule has 0 saturated carbocycles. The minimum absolute atomic E-state index is 0.328. The summed E-state index contributed by atoms with van der Waals surface area (Å²) in [6, 6.07) is 0. The van der Waals surface area contributed by atoms with Gasteiger partial charge in [-0.3, -0.25) is 0 Å². The highest BCUT2D eigenvalue weighted by atomic mass is 32.2. The van der Waals surface area contributed by atoms with Crippen LogP contribution in [0.15, 0.2) is 12.2 Å². The molecule has 1 rings (SSSR count). The molecule has 15 heavy (non-hydrogen) atoms. The van der Waals surface area contributed by atoms with Gasteiger partial charge < -0.3 is 0 Å². The number of rotatable bonds is 4. The quantitative estimate of drug-likeness (QED) is 0.739. The molecule has 1 fully saturated rings. The number of hydrogen-bond donors (Lipinski definition) is 1. The second kappa shape index (κ2) is 5.09. The largest absolute Gasteiger partial charge is 0.279 e. The molecule has 88 valence electrons. The van der Waals surface area contributed by atoms with Crippen molar-refractivity contribution in [2.24, 2.45) is 5.92 Å². The van der Waals surface area contributed by atoms with Crippen molar-refractivity contribution in [3.8, 4) is 0 Å². The first-order valence-electron chi connectivity index (χ1n) is 5.31. The Labute approximate surface area is 92.5 Å². The number of nitrogens with one attached hydrogen (secondary N) is 1. The molecule has 0 aromatic heterocycles. The molecule has 0 amide bonds. The van der Waals surface area contributed by atoms with Crippen molar-refractivity contribution < 1.29 is 8.42 Å². The summed E-state index contributed by atoms with van der Waals surface area (Å²) in [5.74, 6) is 0.637. The Balaban J connectivity index is 2.50. The van der Waals surface area contributed by atoms with Crippen LogP contribution < -0.4 is 4.72 Å². The standard InChI is InChI=1S/C10H20N2O2S/c1-9(2)8-11-15(13,14)12-6-4-10(3)5-7-12/h10-11H,1,4-8H2,2-3H3. The maximum Gasteiger partial charge on any atom is 0.279 e. The fourth-order valence-electron chi connectivity index (χ4n) is 1.53. The van der Waals surface area contributed by atoms with Crippen LogP contribution in [0, 0.1) is 5.92 Å². The van der Waals surface area contributed by atoms with Gasteiger partial charge in [0.05, 0.1) is 0 Å². The maximum atomic E-state index is 11.8. The van der Waals surface area contributed by atoms with Crippen LogP contribution in [0.5, 0.6) is 0 Å². The van der Waals surface area contributed by atoms with Crippen molar-refractivity contribution in [1.29, 1.82) is 0 Å². The predicted octanol–water partition coefficient (Wildman–Crippen LogP) is 1.13. The Kier molecular flexibility index (Phi) is 4.31. The van der Waals surface area contributed by atoms with Gasteiger partial charge in [0, 0.05) is 19.6 Å². The average Bonchev–Trinajstić information content (AvgIpc) is 2.16. The zero-order valence-corrected chi connectivity index (χ0v) is 10.3. The molecule has 0 aromatic carbocycles. The minimum Gasteiger partial charge on any atom is -0.198 e. The third-order valence-corrected chi connectivity index (χ3v) is 4.19. The smallest absolute Gasteiger partial charge is 0.198 e. The van der Waals surface area contributed by atoms with Crippen LogP contribution in [0.4, 0.5) is 0 Å². The number of hydrogen-bond acceptors (Lipinski definition) is 2. The van der Waals surface area contributed by atoms with Gasteiger partial charge in [-0.25, -0.2) is 0 Å². The molecule has 4 nitrogen and oxygen atoms in total. The van der Waals surface area contributed by atoms with E-state index in [0.717, 1.165) is 18.4 Å². The molecule has 0 bridgehead atoms. The van der Waals surface area contributed by atoms with Gasteiger partial charge in [0.25, 0.3) is 10.2 Å². The Bertz CT molecular complexity index is 316. The third-order valence-electron chi connectivity index (χ3n) is 2.64. The van der Waals surface area contributed by atoms with Gasteiger partial charge in [-0.05, 0) is 25.7 Å². The van der Waals surface area contributed by atoms with Crippen LogP contribution in [-0.2, 0) is 10.2 Å². The third kappa shape index (κ3) is 3.93. The van der Waals surface area contributed by atoms with Gasteiger partial charge in [0.2, 0.25) is 0 Å². The minimum atomic E-state index is -3.28. The monoisotopic (exact) mass is 232 g/mol. The van der Waals surface area contributed by atoms with E-state index in [0.29, 0.717) is 25.6 Å². The van der Waals surface area contributed by atoms with Crippen LogP contribution in [0.2, 0.25) is 0 Å². The fraction of sp³-hybridized carbons (Fsp3) is 0.800. The van der Waals surface area contributed by atoms with Crippen LogP contribution in [0.1, 0.15) is 26.7 Å². The first-order chi connectivity index (χ1) is 6.92. The Hall–Kier alpha value is -0.390. The molecule has 1 N–H and O–H groups in total. The van der Waals surface area contributed by atoms with Gasteiger partial charge in [-0.15, -0.1) is 0 Å². The fourth-order valence-corrected chi connectivity index (χ4v) is 2.83. The second-order valence-electron chi connectivity index (χ2n) is 4.36. The molecule has 0 unspecified atom stereocenters. The van der Waals surface area contributed by atoms with Gasteiger partial charge in [0.15, 0.2) is 0 Å². The van der Waals surface area contributed by atoms with E-state index in [9.17, 15) is 8.42 Å². The van der Waals surface area contributed by atoms with E-state index in [-0.39, 0.29) is 0 Å². The molecular weight excluding hydrogens is 212 g/mol. The van der Waals surface area contributed by atoms with Crippen molar-refractivity contribution in [3.05, 3.63) is 12.2 Å². The van der Waals surface area contributed by atoms with Gasteiger partial charge >= 0.3 is 0 Å². The molecule has 0 aromatic rings. The molecule has 1 heterocycles. The molecule has 5 heteroatoms. The van der Waals surface area contributed by atoms with Crippen LogP contribution in [0.25, 0.3) is 0 Å². The normalized spacial score (nSPS) is 20.4. The summed E-state index contributed by atoms with van der Waals surface area (Å²) in [5.41, 5.74) is 0.823. The number of piperidine rings is 1. The molecular formula is C10H20N2O2S. The van der Waals surface area contributed by atoms with E-state index in [4.69, 9.17) is 0 Å². The van der Waals surface area contributed by atoms with Crippen molar-refractivity contribution in [1.82, 2.24) is 9.03 Å². The molecule has 1 saturated heterocycles. The summed E-state index contributed by atoms with van der Waals surface area (Å²) in [6.45, 7) is 9.23. The lowest BCUT2D eigenvalue weighted by molar-refractivity contribution is 0.285. The summed E-state index contributed by atoms with van der Waals surface area (Å²) in [5, 5.41) is 0. The summed E-state index contributed by atoms with van der Waals surface area (Å²) in [6.07, 6.45) is 1.90. The van der Waals surface area contributed by atoms with Gasteiger partial charge in [-0.2, -0.15) is 17.4 Å². The number of nitrogens with zero attached hydrogens (tertiary/aromatic N) is 1. The predicted molar refractivity (Wildman–Crippen MR) is 61.7 cm³/mol. The summed E-state index contributed by atoms with van der Waals surface area (Å²) < 4.78 is 27.6. The van der Waals surface area contributed by atoms with Gasteiger partial charge in [0.1, 0.15) is 0 Å². The molecule has 1 aliphatic heterocycles. The van der Waals surface area contributed by atoms with E-state index in [1.807, 2.05) is 0 Å². The van der Waals surface area contributed by atoms with E-state index in [1.165, 1.54) is 4.31 Å². The van der Waals surface area contributed by atoms with E-state index >= 15 is 0 Å². The summed E-state index contributed by atoms with van der Waals surface area (Å²) in [7, 11) is -3.28. The van der Waals surface area contributed by atoms with Crippen molar-refractivity contribution in [3.63, 3.8) is 0 Å². The lowest BCUT2D eigenvalue weighted by Crippen LogP contribution is -2.45. The lowest BCUT2D eigenvalue weighted by atomic mass is 10.0. The average molecular weight is 232 g/mol. The highest BCUT2D eigenvalue weighted by Crippen LogP contribution is 2.17. The molecule has 0 aliphatic carbocycles. The topological polar surface area (TPSA) is 49.4 Å². The highest BCUT2D eigenvalue weighted by Gasteiger charge is 2.25.